The molecule has 0 radical (unpaired) electrons. The van der Waals surface area contributed by atoms with Crippen LogP contribution >= 0.6 is 0 Å². The van der Waals surface area contributed by atoms with E-state index >= 15 is 0 Å². The highest BCUT2D eigenvalue weighted by Gasteiger charge is 2.07. The van der Waals surface area contributed by atoms with Gasteiger partial charge in [-0.3, -0.25) is 9.00 Å². The molecule has 1 rings (SSSR count). The molecule has 4 nitrogen and oxygen atoms in total. The van der Waals surface area contributed by atoms with Crippen molar-refractivity contribution >= 4 is 22.4 Å². The van der Waals surface area contributed by atoms with E-state index in [1.54, 1.807) is 7.05 Å². The van der Waals surface area contributed by atoms with Gasteiger partial charge in [-0.15, -0.1) is 0 Å². The zero-order valence-corrected chi connectivity index (χ0v) is 10.3. The second-order valence-corrected chi connectivity index (χ2v) is 5.12. The number of nitrogen functional groups attached to an aromatic ring is 1. The zero-order chi connectivity index (χ0) is 12.8. The number of halogens is 1. The molecule has 0 saturated carbocycles. The summed E-state index contributed by atoms with van der Waals surface area (Å²) in [6.45, 7) is 0. The average molecular weight is 258 g/mol. The van der Waals surface area contributed by atoms with Crippen molar-refractivity contribution in [1.29, 1.82) is 0 Å². The standard InChI is InChI=1S/C11H15FN2O2S/c1-14-11(15)3-2-4-17(16)10-6-8(12)5-9(13)7-10/h5-7H,2-4,13H2,1H3,(H,14,15). The van der Waals surface area contributed by atoms with E-state index in [1.807, 2.05) is 0 Å². The van der Waals surface area contributed by atoms with Gasteiger partial charge in [0.15, 0.2) is 0 Å². The summed E-state index contributed by atoms with van der Waals surface area (Å²) in [5.74, 6) is -0.281. The number of rotatable bonds is 5. The number of anilines is 1. The van der Waals surface area contributed by atoms with E-state index < -0.39 is 16.6 Å². The second kappa shape index (κ2) is 6.34. The van der Waals surface area contributed by atoms with Crippen molar-refractivity contribution in [3.63, 3.8) is 0 Å². The van der Waals surface area contributed by atoms with E-state index in [1.165, 1.54) is 18.2 Å². The Morgan fingerprint density at radius 3 is 2.76 bits per heavy atom. The van der Waals surface area contributed by atoms with Crippen LogP contribution in [0.2, 0.25) is 0 Å². The number of benzene rings is 1. The maximum absolute atomic E-state index is 13.0. The summed E-state index contributed by atoms with van der Waals surface area (Å²) in [7, 11) is 0.226. The second-order valence-electron chi connectivity index (χ2n) is 3.55. The third-order valence-electron chi connectivity index (χ3n) is 2.17. The molecule has 0 aliphatic heterocycles. The van der Waals surface area contributed by atoms with Crippen molar-refractivity contribution < 1.29 is 13.4 Å². The monoisotopic (exact) mass is 258 g/mol. The lowest BCUT2D eigenvalue weighted by Crippen LogP contribution is -2.17. The fourth-order valence-corrected chi connectivity index (χ4v) is 2.48. The van der Waals surface area contributed by atoms with Crippen LogP contribution in [0.4, 0.5) is 10.1 Å². The van der Waals surface area contributed by atoms with Crippen LogP contribution < -0.4 is 11.1 Å². The van der Waals surface area contributed by atoms with E-state index in [4.69, 9.17) is 5.73 Å². The summed E-state index contributed by atoms with van der Waals surface area (Å²) in [6, 6.07) is 3.86. The Labute approximate surface area is 102 Å². The normalized spacial score (nSPS) is 12.1. The van der Waals surface area contributed by atoms with Crippen molar-refractivity contribution in [3.8, 4) is 0 Å². The van der Waals surface area contributed by atoms with Crippen LogP contribution in [0.3, 0.4) is 0 Å². The van der Waals surface area contributed by atoms with Crippen molar-refractivity contribution in [1.82, 2.24) is 5.32 Å². The highest BCUT2D eigenvalue weighted by molar-refractivity contribution is 7.85. The number of amides is 1. The zero-order valence-electron chi connectivity index (χ0n) is 9.53. The molecule has 0 saturated heterocycles. The maximum Gasteiger partial charge on any atom is 0.219 e. The molecule has 0 bridgehead atoms. The molecule has 1 aromatic rings. The number of nitrogens with one attached hydrogen (secondary N) is 1. The average Bonchev–Trinajstić information content (AvgIpc) is 2.27. The van der Waals surface area contributed by atoms with Gasteiger partial charge in [0.1, 0.15) is 5.82 Å². The van der Waals surface area contributed by atoms with Crippen LogP contribution in [0.25, 0.3) is 0 Å². The Morgan fingerprint density at radius 1 is 1.47 bits per heavy atom. The molecule has 1 atom stereocenters. The molecule has 0 spiro atoms. The summed E-state index contributed by atoms with van der Waals surface area (Å²) in [5.41, 5.74) is 5.71. The molecular formula is C11H15FN2O2S. The van der Waals surface area contributed by atoms with E-state index in [9.17, 15) is 13.4 Å². The molecule has 1 aromatic carbocycles. The van der Waals surface area contributed by atoms with Gasteiger partial charge in [0.2, 0.25) is 5.91 Å². The molecule has 0 aliphatic carbocycles. The van der Waals surface area contributed by atoms with Gasteiger partial charge < -0.3 is 11.1 Å². The summed E-state index contributed by atoms with van der Waals surface area (Å²) in [5, 5.41) is 2.48. The minimum absolute atomic E-state index is 0.0965. The summed E-state index contributed by atoms with van der Waals surface area (Å²) >= 11 is 0. The molecule has 0 aromatic heterocycles. The van der Waals surface area contributed by atoms with Crippen LogP contribution in [-0.4, -0.2) is 22.9 Å². The number of nitrogens with two attached hydrogens (primary N) is 1. The Bertz CT molecular complexity index is 417. The Morgan fingerprint density at radius 2 is 2.18 bits per heavy atom. The maximum atomic E-state index is 13.0. The van der Waals surface area contributed by atoms with Crippen molar-refractivity contribution in [2.45, 2.75) is 17.7 Å². The summed E-state index contributed by atoms with van der Waals surface area (Å²) in [4.78, 5) is 11.3. The van der Waals surface area contributed by atoms with Crippen molar-refractivity contribution in [2.24, 2.45) is 0 Å². The van der Waals surface area contributed by atoms with Gasteiger partial charge in [0, 0.05) is 29.8 Å². The third kappa shape index (κ3) is 4.52. The predicted molar refractivity (Wildman–Crippen MR) is 65.4 cm³/mol. The lowest BCUT2D eigenvalue weighted by atomic mass is 10.3. The molecule has 1 amide bonds. The lowest BCUT2D eigenvalue weighted by molar-refractivity contribution is -0.120. The fraction of sp³-hybridized carbons (Fsp3) is 0.364. The number of hydrogen-bond acceptors (Lipinski definition) is 3. The highest BCUT2D eigenvalue weighted by Crippen LogP contribution is 2.15. The predicted octanol–water partition coefficient (Wildman–Crippen LogP) is 1.04. The van der Waals surface area contributed by atoms with Gasteiger partial charge in [-0.2, -0.15) is 0 Å². The van der Waals surface area contributed by atoms with E-state index in [0.717, 1.165) is 0 Å². The van der Waals surface area contributed by atoms with Gasteiger partial charge >= 0.3 is 0 Å². The smallest absolute Gasteiger partial charge is 0.219 e. The molecule has 0 fully saturated rings. The van der Waals surface area contributed by atoms with Crippen LogP contribution in [0.15, 0.2) is 23.1 Å². The first-order valence-electron chi connectivity index (χ1n) is 5.18. The van der Waals surface area contributed by atoms with Crippen LogP contribution in [-0.2, 0) is 15.6 Å². The minimum atomic E-state index is -1.32. The van der Waals surface area contributed by atoms with Gasteiger partial charge in [-0.1, -0.05) is 0 Å². The van der Waals surface area contributed by atoms with Crippen LogP contribution in [0.5, 0.6) is 0 Å². The lowest BCUT2D eigenvalue weighted by Gasteiger charge is -2.04. The van der Waals surface area contributed by atoms with Crippen molar-refractivity contribution in [2.75, 3.05) is 18.5 Å². The summed E-state index contributed by atoms with van der Waals surface area (Å²) in [6.07, 6.45) is 0.801. The van der Waals surface area contributed by atoms with Gasteiger partial charge in [0.05, 0.1) is 10.8 Å². The van der Waals surface area contributed by atoms with Gasteiger partial charge in [-0.05, 0) is 24.6 Å². The first-order valence-corrected chi connectivity index (χ1v) is 6.50. The van der Waals surface area contributed by atoms with Crippen LogP contribution in [0.1, 0.15) is 12.8 Å². The minimum Gasteiger partial charge on any atom is -0.399 e. The number of carbonyl (C=O) groups is 1. The van der Waals surface area contributed by atoms with E-state index in [-0.39, 0.29) is 11.6 Å². The molecule has 0 aliphatic rings. The Hall–Kier alpha value is -1.43. The topological polar surface area (TPSA) is 72.2 Å². The number of hydrogen-bond donors (Lipinski definition) is 2. The Kier molecular flexibility index (Phi) is 5.09. The fourth-order valence-electron chi connectivity index (χ4n) is 1.32. The molecule has 6 heteroatoms. The van der Waals surface area contributed by atoms with E-state index in [2.05, 4.69) is 5.32 Å². The number of carbonyl (C=O) groups excluding carboxylic acids is 1. The first-order chi connectivity index (χ1) is 8.02. The Balaban J connectivity index is 2.55. The van der Waals surface area contributed by atoms with Gasteiger partial charge in [0.25, 0.3) is 0 Å². The molecule has 3 N–H and O–H groups in total. The molecule has 94 valence electrons. The molecular weight excluding hydrogens is 243 g/mol. The quantitative estimate of drug-likeness (QED) is 0.775. The molecule has 0 heterocycles. The third-order valence-corrected chi connectivity index (χ3v) is 3.59. The largest absolute Gasteiger partial charge is 0.399 e. The first kappa shape index (κ1) is 13.6. The van der Waals surface area contributed by atoms with Crippen molar-refractivity contribution in [3.05, 3.63) is 24.0 Å². The highest BCUT2D eigenvalue weighted by atomic mass is 32.2. The van der Waals surface area contributed by atoms with Crippen LogP contribution in [0, 0.1) is 5.82 Å². The SMILES string of the molecule is CNC(=O)CCCS(=O)c1cc(N)cc(F)c1. The summed E-state index contributed by atoms with van der Waals surface area (Å²) < 4.78 is 24.8. The molecule has 1 unspecified atom stereocenters. The molecule has 17 heavy (non-hydrogen) atoms. The van der Waals surface area contributed by atoms with E-state index in [0.29, 0.717) is 23.5 Å². The van der Waals surface area contributed by atoms with Gasteiger partial charge in [-0.25, -0.2) is 4.39 Å².